The number of halogens is 2. The van der Waals surface area contributed by atoms with Crippen LogP contribution in [0.25, 0.3) is 0 Å². The number of carbonyl (C=O) groups excluding carboxylic acids is 1. The number of nitrogens with one attached hydrogen (secondary N) is 1. The van der Waals surface area contributed by atoms with Crippen molar-refractivity contribution in [3.8, 4) is 0 Å². The lowest BCUT2D eigenvalue weighted by Gasteiger charge is -2.58. The van der Waals surface area contributed by atoms with Gasteiger partial charge in [-0.05, 0) is 75.0 Å². The van der Waals surface area contributed by atoms with Crippen LogP contribution in [0.3, 0.4) is 0 Å². The number of piperazine rings is 1. The number of sulfone groups is 1. The van der Waals surface area contributed by atoms with Crippen LogP contribution in [-0.2, 0) is 9.84 Å². The van der Waals surface area contributed by atoms with Crippen LogP contribution in [0.5, 0.6) is 0 Å². The Morgan fingerprint density at radius 1 is 1.13 bits per heavy atom. The van der Waals surface area contributed by atoms with E-state index in [1.807, 2.05) is 11.8 Å². The molecule has 2 aromatic rings. The normalized spacial score (nSPS) is 32.0. The first-order valence-corrected chi connectivity index (χ1v) is 15.4. The second kappa shape index (κ2) is 9.36. The Hall–Kier alpha value is -2.86. The molecular formula is C27H33F2N5O4S. The molecule has 9 nitrogen and oxygen atoms in total. The van der Waals surface area contributed by atoms with Gasteiger partial charge >= 0.3 is 0 Å². The van der Waals surface area contributed by atoms with Gasteiger partial charge in [0, 0.05) is 44.2 Å². The minimum atomic E-state index is -3.75. The standard InChI is InChI=1S/C27H33F2N5O4S/c1-15-14-33(24-20(28)9-19(10-21(24)29)39(2,37)38)5-6-34(15)26-30-4-3-22(31-26)25(35)32-23-17-7-16-8-18(23)13-27(36,11-16)12-17/h3-4,9-10,15-18,23,36H,5-8,11-14H2,1-2H3,(H,32,35)/t15-,16?,17?,18?,23?,27?/m1/s1. The molecule has 2 heterocycles. The van der Waals surface area contributed by atoms with E-state index in [0.717, 1.165) is 50.5 Å². The van der Waals surface area contributed by atoms with Gasteiger partial charge in [0.25, 0.3) is 5.91 Å². The van der Waals surface area contributed by atoms with Gasteiger partial charge in [0.2, 0.25) is 5.95 Å². The molecule has 5 fully saturated rings. The van der Waals surface area contributed by atoms with Gasteiger partial charge < -0.3 is 20.2 Å². The Morgan fingerprint density at radius 3 is 2.38 bits per heavy atom. The van der Waals surface area contributed by atoms with E-state index >= 15 is 0 Å². The number of aromatic nitrogens is 2. The minimum Gasteiger partial charge on any atom is -0.390 e. The molecule has 1 aromatic heterocycles. The van der Waals surface area contributed by atoms with Crippen molar-refractivity contribution in [1.82, 2.24) is 15.3 Å². The maximum absolute atomic E-state index is 14.8. The smallest absolute Gasteiger partial charge is 0.270 e. The van der Waals surface area contributed by atoms with Crippen LogP contribution in [-0.4, -0.2) is 73.0 Å². The molecule has 39 heavy (non-hydrogen) atoms. The predicted octanol–water partition coefficient (Wildman–Crippen LogP) is 2.54. The zero-order valence-corrected chi connectivity index (χ0v) is 22.8. The van der Waals surface area contributed by atoms with E-state index in [9.17, 15) is 27.1 Å². The monoisotopic (exact) mass is 561 g/mol. The lowest BCUT2D eigenvalue weighted by atomic mass is 9.52. The van der Waals surface area contributed by atoms with Crippen LogP contribution in [0.1, 0.15) is 49.5 Å². The van der Waals surface area contributed by atoms with Gasteiger partial charge in [0.05, 0.1) is 10.5 Å². The van der Waals surface area contributed by atoms with E-state index in [-0.39, 0.29) is 54.3 Å². The van der Waals surface area contributed by atoms with Crippen molar-refractivity contribution in [3.63, 3.8) is 0 Å². The maximum atomic E-state index is 14.8. The summed E-state index contributed by atoms with van der Waals surface area (Å²) < 4.78 is 53.1. The van der Waals surface area contributed by atoms with Crippen molar-refractivity contribution < 1.29 is 27.1 Å². The zero-order valence-electron chi connectivity index (χ0n) is 22.0. The molecule has 210 valence electrons. The number of amides is 1. The van der Waals surface area contributed by atoms with Gasteiger partial charge in [-0.15, -0.1) is 0 Å². The first-order chi connectivity index (χ1) is 18.4. The summed E-state index contributed by atoms with van der Waals surface area (Å²) in [5.74, 6) is -0.636. The van der Waals surface area contributed by atoms with Crippen molar-refractivity contribution in [1.29, 1.82) is 0 Å². The summed E-state index contributed by atoms with van der Waals surface area (Å²) in [5, 5.41) is 14.0. The SMILES string of the molecule is C[C@@H]1CN(c2c(F)cc(S(C)(=O)=O)cc2F)CCN1c1nccc(C(=O)NC2C3CC4CC2CC(O)(C4)C3)n1. The van der Waals surface area contributed by atoms with Gasteiger partial charge in [0.15, 0.2) is 21.5 Å². The van der Waals surface area contributed by atoms with Crippen molar-refractivity contribution >= 4 is 27.4 Å². The summed E-state index contributed by atoms with van der Waals surface area (Å²) in [6.07, 6.45) is 6.88. The molecule has 4 saturated carbocycles. The molecule has 4 bridgehead atoms. The number of rotatable bonds is 5. The van der Waals surface area contributed by atoms with Gasteiger partial charge in [-0.25, -0.2) is 27.2 Å². The highest BCUT2D eigenvalue weighted by molar-refractivity contribution is 7.90. The highest BCUT2D eigenvalue weighted by Gasteiger charge is 2.55. The number of hydrogen-bond acceptors (Lipinski definition) is 8. The van der Waals surface area contributed by atoms with E-state index in [0.29, 0.717) is 18.4 Å². The minimum absolute atomic E-state index is 0.0362. The Labute approximate surface area is 226 Å². The summed E-state index contributed by atoms with van der Waals surface area (Å²) in [4.78, 5) is 25.2. The van der Waals surface area contributed by atoms with E-state index in [2.05, 4.69) is 15.3 Å². The predicted molar refractivity (Wildman–Crippen MR) is 140 cm³/mol. The van der Waals surface area contributed by atoms with Crippen molar-refractivity contribution in [3.05, 3.63) is 41.7 Å². The molecule has 2 unspecified atom stereocenters. The molecule has 5 aliphatic rings. The molecule has 2 N–H and O–H groups in total. The van der Waals surface area contributed by atoms with Crippen LogP contribution in [0, 0.1) is 29.4 Å². The first-order valence-electron chi connectivity index (χ1n) is 13.5. The average molecular weight is 562 g/mol. The third-order valence-electron chi connectivity index (χ3n) is 9.03. The van der Waals surface area contributed by atoms with E-state index in [1.54, 1.807) is 17.2 Å². The van der Waals surface area contributed by atoms with Crippen LogP contribution in [0.4, 0.5) is 20.4 Å². The number of aliphatic hydroxyl groups is 1. The molecule has 0 radical (unpaired) electrons. The van der Waals surface area contributed by atoms with Gasteiger partial charge in [-0.2, -0.15) is 0 Å². The zero-order chi connectivity index (χ0) is 27.7. The summed E-state index contributed by atoms with van der Waals surface area (Å²) in [6, 6.07) is 3.07. The van der Waals surface area contributed by atoms with E-state index < -0.39 is 32.0 Å². The fourth-order valence-corrected chi connectivity index (χ4v) is 8.21. The van der Waals surface area contributed by atoms with Crippen LogP contribution >= 0.6 is 0 Å². The number of anilines is 2. The van der Waals surface area contributed by atoms with Crippen LogP contribution in [0.15, 0.2) is 29.3 Å². The van der Waals surface area contributed by atoms with Crippen LogP contribution in [0.2, 0.25) is 0 Å². The molecule has 0 spiro atoms. The summed E-state index contributed by atoms with van der Waals surface area (Å²) in [5.41, 5.74) is -0.571. The first kappa shape index (κ1) is 26.4. The van der Waals surface area contributed by atoms with Gasteiger partial charge in [0.1, 0.15) is 11.4 Å². The topological polar surface area (TPSA) is 116 Å². The largest absolute Gasteiger partial charge is 0.390 e. The van der Waals surface area contributed by atoms with E-state index in [1.165, 1.54) is 0 Å². The van der Waals surface area contributed by atoms with Crippen LogP contribution < -0.4 is 15.1 Å². The fraction of sp³-hybridized carbons (Fsp3) is 0.593. The molecule has 1 amide bonds. The highest BCUT2D eigenvalue weighted by atomic mass is 32.2. The Balaban J connectivity index is 1.14. The Bertz CT molecular complexity index is 1380. The molecule has 4 aliphatic carbocycles. The van der Waals surface area contributed by atoms with Crippen molar-refractivity contribution in [2.24, 2.45) is 17.8 Å². The molecule has 1 saturated heterocycles. The van der Waals surface area contributed by atoms with E-state index in [4.69, 9.17) is 0 Å². The molecule has 7 rings (SSSR count). The molecule has 12 heteroatoms. The molecular weight excluding hydrogens is 528 g/mol. The number of hydrogen-bond donors (Lipinski definition) is 2. The number of nitrogens with zero attached hydrogens (tertiary/aromatic N) is 4. The second-order valence-corrected chi connectivity index (χ2v) is 13.9. The number of carbonyl (C=O) groups is 1. The number of benzene rings is 1. The fourth-order valence-electron chi connectivity index (χ4n) is 7.57. The van der Waals surface area contributed by atoms with Crippen molar-refractivity contribution in [2.45, 2.75) is 61.6 Å². The summed E-state index contributed by atoms with van der Waals surface area (Å²) in [6.45, 7) is 2.74. The second-order valence-electron chi connectivity index (χ2n) is 11.9. The quantitative estimate of drug-likeness (QED) is 0.573. The molecule has 1 aromatic carbocycles. The molecule has 3 atom stereocenters. The lowest BCUT2D eigenvalue weighted by molar-refractivity contribution is -0.136. The van der Waals surface area contributed by atoms with Gasteiger partial charge in [-0.3, -0.25) is 4.79 Å². The lowest BCUT2D eigenvalue weighted by Crippen LogP contribution is -2.61. The summed E-state index contributed by atoms with van der Waals surface area (Å²) >= 11 is 0. The molecule has 1 aliphatic heterocycles. The highest BCUT2D eigenvalue weighted by Crippen LogP contribution is 2.55. The maximum Gasteiger partial charge on any atom is 0.270 e. The Kier molecular flexibility index (Phi) is 6.33. The van der Waals surface area contributed by atoms with Gasteiger partial charge in [-0.1, -0.05) is 0 Å². The Morgan fingerprint density at radius 2 is 1.79 bits per heavy atom. The average Bonchev–Trinajstić information content (AvgIpc) is 2.84. The third-order valence-corrected chi connectivity index (χ3v) is 10.1. The third kappa shape index (κ3) is 4.86. The summed E-state index contributed by atoms with van der Waals surface area (Å²) in [7, 11) is -3.75. The van der Waals surface area contributed by atoms with Crippen molar-refractivity contribution in [2.75, 3.05) is 35.7 Å².